The fraction of sp³-hybridized carbons (Fsp3) is 0.571. The second kappa shape index (κ2) is 5.14. The third-order valence-electron chi connectivity index (χ3n) is 4.04. The number of phenols is 1. The topological polar surface area (TPSA) is 55.5 Å². The van der Waals surface area contributed by atoms with Gasteiger partial charge in [0, 0.05) is 12.0 Å². The molecule has 4 heteroatoms. The van der Waals surface area contributed by atoms with Gasteiger partial charge in [-0.25, -0.2) is 4.39 Å². The summed E-state index contributed by atoms with van der Waals surface area (Å²) in [5, 5.41) is 9.81. The van der Waals surface area contributed by atoms with Gasteiger partial charge in [-0.15, -0.1) is 0 Å². The van der Waals surface area contributed by atoms with Crippen molar-refractivity contribution < 1.29 is 14.2 Å². The Balaban J connectivity index is 2.43. The fourth-order valence-electron chi connectivity index (χ4n) is 2.93. The zero-order valence-corrected chi connectivity index (χ0v) is 10.7. The Morgan fingerprint density at radius 1 is 1.33 bits per heavy atom. The van der Waals surface area contributed by atoms with Crippen molar-refractivity contribution in [3.8, 4) is 11.5 Å². The molecular weight excluding hydrogens is 233 g/mol. The highest BCUT2D eigenvalue weighted by Crippen LogP contribution is 2.42. The van der Waals surface area contributed by atoms with Crippen LogP contribution in [0.25, 0.3) is 0 Å². The Morgan fingerprint density at radius 3 is 2.50 bits per heavy atom. The van der Waals surface area contributed by atoms with Crippen molar-refractivity contribution in [2.24, 2.45) is 5.73 Å². The third kappa shape index (κ3) is 2.17. The first kappa shape index (κ1) is 13.1. The van der Waals surface area contributed by atoms with Gasteiger partial charge in [0.25, 0.3) is 0 Å². The number of halogens is 1. The lowest BCUT2D eigenvalue weighted by atomic mass is 9.69. The molecule has 0 aliphatic heterocycles. The van der Waals surface area contributed by atoms with Crippen molar-refractivity contribution in [1.82, 2.24) is 0 Å². The van der Waals surface area contributed by atoms with Crippen molar-refractivity contribution in [3.05, 3.63) is 23.5 Å². The molecule has 3 N–H and O–H groups in total. The highest BCUT2D eigenvalue weighted by Gasteiger charge is 2.33. The van der Waals surface area contributed by atoms with Gasteiger partial charge in [0.15, 0.2) is 17.3 Å². The van der Waals surface area contributed by atoms with Crippen LogP contribution in [0.2, 0.25) is 0 Å². The summed E-state index contributed by atoms with van der Waals surface area (Å²) in [7, 11) is 1.34. The number of ether oxygens (including phenoxy) is 1. The fourth-order valence-corrected chi connectivity index (χ4v) is 2.93. The van der Waals surface area contributed by atoms with Crippen LogP contribution in [0.3, 0.4) is 0 Å². The highest BCUT2D eigenvalue weighted by atomic mass is 19.1. The predicted octanol–water partition coefficient (Wildman–Crippen LogP) is 2.70. The minimum atomic E-state index is -0.522. The number of phenolic OH excluding ortho intramolecular Hbond substituents is 1. The second-order valence-corrected chi connectivity index (χ2v) is 5.06. The summed E-state index contributed by atoms with van der Waals surface area (Å²) < 4.78 is 18.7. The maximum Gasteiger partial charge on any atom is 0.196 e. The molecule has 1 fully saturated rings. The summed E-state index contributed by atoms with van der Waals surface area (Å²) in [5.41, 5.74) is 6.51. The van der Waals surface area contributed by atoms with E-state index in [2.05, 4.69) is 0 Å². The normalized spacial score (nSPS) is 18.6. The lowest BCUT2D eigenvalue weighted by Crippen LogP contribution is -2.37. The first-order valence-corrected chi connectivity index (χ1v) is 6.40. The van der Waals surface area contributed by atoms with Crippen LogP contribution in [-0.2, 0) is 5.41 Å². The molecule has 0 unspecified atom stereocenters. The van der Waals surface area contributed by atoms with E-state index in [0.29, 0.717) is 6.54 Å². The quantitative estimate of drug-likeness (QED) is 0.870. The van der Waals surface area contributed by atoms with E-state index >= 15 is 0 Å². The van der Waals surface area contributed by atoms with E-state index in [4.69, 9.17) is 10.5 Å². The highest BCUT2D eigenvalue weighted by molar-refractivity contribution is 5.45. The zero-order chi connectivity index (χ0) is 13.2. The number of methoxy groups -OCH3 is 1. The van der Waals surface area contributed by atoms with E-state index in [1.54, 1.807) is 6.07 Å². The summed E-state index contributed by atoms with van der Waals surface area (Å²) in [4.78, 5) is 0. The first-order valence-electron chi connectivity index (χ1n) is 6.40. The minimum absolute atomic E-state index is 0.0956. The van der Waals surface area contributed by atoms with Crippen LogP contribution < -0.4 is 10.5 Å². The molecule has 0 amide bonds. The number of hydrogen-bond donors (Lipinski definition) is 2. The summed E-state index contributed by atoms with van der Waals surface area (Å²) in [6.45, 7) is 0.484. The molecule has 0 radical (unpaired) electrons. The van der Waals surface area contributed by atoms with E-state index in [0.717, 1.165) is 31.2 Å². The molecule has 1 aromatic carbocycles. The molecule has 2 rings (SSSR count). The largest absolute Gasteiger partial charge is 0.504 e. The van der Waals surface area contributed by atoms with Crippen LogP contribution >= 0.6 is 0 Å². The van der Waals surface area contributed by atoms with Crippen LogP contribution in [0.4, 0.5) is 4.39 Å². The van der Waals surface area contributed by atoms with Gasteiger partial charge in [-0.05, 0) is 30.5 Å². The predicted molar refractivity (Wildman–Crippen MR) is 68.4 cm³/mol. The van der Waals surface area contributed by atoms with E-state index in [-0.39, 0.29) is 16.9 Å². The Kier molecular flexibility index (Phi) is 3.76. The lowest BCUT2D eigenvalue weighted by Gasteiger charge is -2.37. The van der Waals surface area contributed by atoms with Crippen LogP contribution in [-0.4, -0.2) is 18.8 Å². The summed E-state index contributed by atoms with van der Waals surface area (Å²) in [6.07, 6.45) is 5.31. The average molecular weight is 253 g/mol. The average Bonchev–Trinajstić information content (AvgIpc) is 2.39. The molecule has 0 heterocycles. The van der Waals surface area contributed by atoms with Crippen LogP contribution in [0.15, 0.2) is 12.1 Å². The van der Waals surface area contributed by atoms with Gasteiger partial charge in [0.1, 0.15) is 0 Å². The zero-order valence-electron chi connectivity index (χ0n) is 10.7. The van der Waals surface area contributed by atoms with Gasteiger partial charge in [-0.1, -0.05) is 19.3 Å². The van der Waals surface area contributed by atoms with E-state index in [1.165, 1.54) is 19.6 Å². The third-order valence-corrected chi connectivity index (χ3v) is 4.04. The SMILES string of the molecule is COc1c(O)cc(C2(CN)CCCCC2)cc1F. The molecule has 1 aliphatic rings. The molecule has 1 saturated carbocycles. The van der Waals surface area contributed by atoms with Crippen molar-refractivity contribution in [3.63, 3.8) is 0 Å². The van der Waals surface area contributed by atoms with E-state index < -0.39 is 5.82 Å². The Hall–Kier alpha value is -1.29. The molecule has 0 bridgehead atoms. The molecule has 3 nitrogen and oxygen atoms in total. The van der Waals surface area contributed by atoms with Gasteiger partial charge in [-0.3, -0.25) is 0 Å². The van der Waals surface area contributed by atoms with Crippen LogP contribution in [0.5, 0.6) is 11.5 Å². The molecular formula is C14H20FNO2. The number of hydrogen-bond acceptors (Lipinski definition) is 3. The summed E-state index contributed by atoms with van der Waals surface area (Å²) in [5.74, 6) is -0.765. The van der Waals surface area contributed by atoms with Gasteiger partial charge in [0.05, 0.1) is 7.11 Å². The van der Waals surface area contributed by atoms with Crippen molar-refractivity contribution >= 4 is 0 Å². The molecule has 18 heavy (non-hydrogen) atoms. The van der Waals surface area contributed by atoms with E-state index in [9.17, 15) is 9.50 Å². The first-order chi connectivity index (χ1) is 8.63. The molecule has 0 saturated heterocycles. The number of benzene rings is 1. The monoisotopic (exact) mass is 253 g/mol. The maximum atomic E-state index is 13.8. The van der Waals surface area contributed by atoms with Crippen molar-refractivity contribution in [2.75, 3.05) is 13.7 Å². The minimum Gasteiger partial charge on any atom is -0.504 e. The van der Waals surface area contributed by atoms with Gasteiger partial charge >= 0.3 is 0 Å². The van der Waals surface area contributed by atoms with Gasteiger partial charge < -0.3 is 15.6 Å². The molecule has 0 spiro atoms. The summed E-state index contributed by atoms with van der Waals surface area (Å²) in [6, 6.07) is 3.05. The number of nitrogens with two attached hydrogens (primary N) is 1. The number of aromatic hydroxyl groups is 1. The van der Waals surface area contributed by atoms with E-state index in [1.807, 2.05) is 0 Å². The van der Waals surface area contributed by atoms with Crippen molar-refractivity contribution in [2.45, 2.75) is 37.5 Å². The van der Waals surface area contributed by atoms with Crippen LogP contribution in [0, 0.1) is 5.82 Å². The summed E-state index contributed by atoms with van der Waals surface area (Å²) >= 11 is 0. The molecule has 0 atom stereocenters. The maximum absolute atomic E-state index is 13.8. The second-order valence-electron chi connectivity index (χ2n) is 5.06. The number of rotatable bonds is 3. The molecule has 0 aromatic heterocycles. The smallest absolute Gasteiger partial charge is 0.196 e. The Bertz CT molecular complexity index is 405. The van der Waals surface area contributed by atoms with Gasteiger partial charge in [-0.2, -0.15) is 0 Å². The Morgan fingerprint density at radius 2 is 2.00 bits per heavy atom. The molecule has 1 aromatic rings. The molecule has 1 aliphatic carbocycles. The lowest BCUT2D eigenvalue weighted by molar-refractivity contribution is 0.295. The molecule has 100 valence electrons. The Labute approximate surface area is 107 Å². The standard InChI is InChI=1S/C14H20FNO2/c1-18-13-11(15)7-10(8-12(13)17)14(9-16)5-3-2-4-6-14/h7-8,17H,2-6,9,16H2,1H3. The van der Waals surface area contributed by atoms with Crippen LogP contribution in [0.1, 0.15) is 37.7 Å². The van der Waals surface area contributed by atoms with Crippen molar-refractivity contribution in [1.29, 1.82) is 0 Å². The van der Waals surface area contributed by atoms with Gasteiger partial charge in [0.2, 0.25) is 0 Å².